The molecule has 0 aliphatic carbocycles. The van der Waals surface area contributed by atoms with E-state index in [2.05, 4.69) is 4.99 Å². The highest BCUT2D eigenvalue weighted by Crippen LogP contribution is 2.23. The van der Waals surface area contributed by atoms with Gasteiger partial charge in [-0.15, -0.1) is 0 Å². The maximum atomic E-state index is 12.5. The van der Waals surface area contributed by atoms with Gasteiger partial charge in [-0.3, -0.25) is 5.41 Å². The van der Waals surface area contributed by atoms with Gasteiger partial charge in [0.25, 0.3) is 0 Å². The first-order valence-electron chi connectivity index (χ1n) is 8.34. The summed E-state index contributed by atoms with van der Waals surface area (Å²) in [6.07, 6.45) is -2.33. The molecule has 3 aromatic rings. The van der Waals surface area contributed by atoms with Crippen molar-refractivity contribution in [2.24, 2.45) is 22.2 Å². The van der Waals surface area contributed by atoms with E-state index >= 15 is 0 Å². The average Bonchev–Trinajstić information content (AvgIpc) is 2.66. The molecule has 0 fully saturated rings. The fraction of sp³-hybridized carbons (Fsp3) is 0. The second-order valence-corrected chi connectivity index (χ2v) is 5.83. The normalized spacial score (nSPS) is 9.73. The largest absolute Gasteiger partial charge is 0.652 e. The van der Waals surface area contributed by atoms with Crippen molar-refractivity contribution in [1.29, 1.82) is 5.41 Å². The topological polar surface area (TPSA) is 204 Å². The standard InChI is InChI=1S/C19H17N5O2.CH2O3/c20-17(21)16-10-13(24-19(22)23)6-8-15(16)18(25)26-14-7-5-11-3-1-2-4-12(11)9-14;2-1(3)4/h1-10H,(H3,20,21)(H4,22,23,24);(H2,2,3,4)/p-2. The predicted molar refractivity (Wildman–Crippen MR) is 107 cm³/mol. The van der Waals surface area contributed by atoms with E-state index in [1.54, 1.807) is 18.2 Å². The van der Waals surface area contributed by atoms with E-state index in [9.17, 15) is 4.79 Å². The Morgan fingerprint density at radius 1 is 0.867 bits per heavy atom. The van der Waals surface area contributed by atoms with Gasteiger partial charge in [-0.2, -0.15) is 0 Å². The number of guanidine groups is 1. The lowest BCUT2D eigenvalue weighted by Gasteiger charge is -2.10. The van der Waals surface area contributed by atoms with Gasteiger partial charge in [0.2, 0.25) is 0 Å². The summed E-state index contributed by atoms with van der Waals surface area (Å²) in [5.74, 6) is -0.646. The van der Waals surface area contributed by atoms with Crippen molar-refractivity contribution in [1.82, 2.24) is 0 Å². The third kappa shape index (κ3) is 5.96. The van der Waals surface area contributed by atoms with Crippen molar-refractivity contribution in [3.8, 4) is 5.75 Å². The van der Waals surface area contributed by atoms with Gasteiger partial charge in [-0.05, 0) is 47.3 Å². The van der Waals surface area contributed by atoms with Gasteiger partial charge in [0.1, 0.15) is 11.6 Å². The molecule has 0 amide bonds. The number of benzene rings is 3. The van der Waals surface area contributed by atoms with Gasteiger partial charge in [0.05, 0.1) is 11.3 Å². The van der Waals surface area contributed by atoms with Crippen LogP contribution in [-0.4, -0.2) is 23.9 Å². The number of amidine groups is 1. The SMILES string of the molecule is N=C(N)c1cc(N=C(N)N)ccc1C(=O)Oc1ccc2ccccc2c1.O=C([O-])[O-]. The Labute approximate surface area is 170 Å². The second-order valence-electron chi connectivity index (χ2n) is 5.83. The van der Waals surface area contributed by atoms with Crippen molar-refractivity contribution < 1.29 is 24.5 Å². The fourth-order valence-electron chi connectivity index (χ4n) is 2.54. The summed E-state index contributed by atoms with van der Waals surface area (Å²) in [6.45, 7) is 0. The average molecular weight is 407 g/mol. The lowest BCUT2D eigenvalue weighted by molar-refractivity contribution is -0.415. The highest BCUT2D eigenvalue weighted by Gasteiger charge is 2.16. The molecule has 0 bridgehead atoms. The summed E-state index contributed by atoms with van der Waals surface area (Å²) in [6, 6.07) is 17.6. The summed E-state index contributed by atoms with van der Waals surface area (Å²) >= 11 is 0. The first kappa shape index (κ1) is 21.7. The van der Waals surface area contributed by atoms with E-state index in [4.69, 9.17) is 42.4 Å². The van der Waals surface area contributed by atoms with Gasteiger partial charge in [-0.25, -0.2) is 9.79 Å². The third-order valence-corrected chi connectivity index (χ3v) is 3.70. The number of nitrogens with two attached hydrogens (primary N) is 3. The molecular weight excluding hydrogens is 390 g/mol. The second kappa shape index (κ2) is 9.55. The van der Waals surface area contributed by atoms with E-state index in [1.807, 2.05) is 30.3 Å². The zero-order chi connectivity index (χ0) is 22.3. The minimum absolute atomic E-state index is 0.133. The van der Waals surface area contributed by atoms with Crippen LogP contribution in [0.4, 0.5) is 10.5 Å². The van der Waals surface area contributed by atoms with Crippen LogP contribution in [-0.2, 0) is 0 Å². The highest BCUT2D eigenvalue weighted by molar-refractivity contribution is 6.07. The molecule has 3 aromatic carbocycles. The predicted octanol–water partition coefficient (Wildman–Crippen LogP) is -0.199. The molecule has 0 aromatic heterocycles. The van der Waals surface area contributed by atoms with Crippen molar-refractivity contribution in [2.75, 3.05) is 0 Å². The molecule has 0 spiro atoms. The molecule has 0 unspecified atom stereocenters. The number of rotatable bonds is 4. The van der Waals surface area contributed by atoms with Crippen molar-refractivity contribution in [2.45, 2.75) is 0 Å². The third-order valence-electron chi connectivity index (χ3n) is 3.70. The molecule has 7 N–H and O–H groups in total. The highest BCUT2D eigenvalue weighted by atomic mass is 16.6. The molecule has 0 saturated heterocycles. The molecule has 0 aliphatic rings. The van der Waals surface area contributed by atoms with Gasteiger partial charge in [0.15, 0.2) is 5.96 Å². The molecule has 0 atom stereocenters. The number of hydrogen-bond donors (Lipinski definition) is 4. The number of aliphatic imine (C=N–C) groups is 1. The zero-order valence-electron chi connectivity index (χ0n) is 15.5. The quantitative estimate of drug-likeness (QED) is 0.197. The van der Waals surface area contributed by atoms with Crippen LogP contribution in [0.5, 0.6) is 5.75 Å². The van der Waals surface area contributed by atoms with Gasteiger partial charge in [-0.1, -0.05) is 30.3 Å². The molecule has 30 heavy (non-hydrogen) atoms. The molecule has 0 radical (unpaired) electrons. The number of carbonyl (C=O) groups excluding carboxylic acids is 2. The summed E-state index contributed by atoms with van der Waals surface area (Å²) < 4.78 is 5.44. The monoisotopic (exact) mass is 407 g/mol. The number of nitrogens with one attached hydrogen (secondary N) is 1. The molecule has 0 heterocycles. The van der Waals surface area contributed by atoms with Crippen LogP contribution in [0.3, 0.4) is 0 Å². The van der Waals surface area contributed by atoms with E-state index in [0.717, 1.165) is 10.8 Å². The summed E-state index contributed by atoms with van der Waals surface area (Å²) in [5, 5.41) is 26.4. The van der Waals surface area contributed by atoms with Crippen molar-refractivity contribution in [3.63, 3.8) is 0 Å². The van der Waals surface area contributed by atoms with Crippen LogP contribution >= 0.6 is 0 Å². The van der Waals surface area contributed by atoms with Crippen LogP contribution in [0.1, 0.15) is 15.9 Å². The summed E-state index contributed by atoms with van der Waals surface area (Å²) in [5.41, 5.74) is 17.0. The van der Waals surface area contributed by atoms with E-state index < -0.39 is 12.1 Å². The maximum absolute atomic E-state index is 12.5. The number of hydrogen-bond acceptors (Lipinski definition) is 7. The number of esters is 1. The van der Waals surface area contributed by atoms with E-state index in [-0.39, 0.29) is 22.9 Å². The Kier molecular flexibility index (Phi) is 6.91. The van der Waals surface area contributed by atoms with Gasteiger partial charge in [0, 0.05) is 5.56 Å². The van der Waals surface area contributed by atoms with Crippen molar-refractivity contribution in [3.05, 3.63) is 71.8 Å². The molecule has 154 valence electrons. The number of carboxylic acid groups (broad SMARTS) is 2. The van der Waals surface area contributed by atoms with Crippen LogP contribution < -0.4 is 32.2 Å². The maximum Gasteiger partial charge on any atom is 0.344 e. The number of fused-ring (bicyclic) bond motifs is 1. The minimum Gasteiger partial charge on any atom is -0.652 e. The molecule has 3 rings (SSSR count). The Morgan fingerprint density at radius 2 is 1.50 bits per heavy atom. The molecule has 0 saturated carbocycles. The number of nitrogens with zero attached hydrogens (tertiary/aromatic N) is 1. The lowest BCUT2D eigenvalue weighted by atomic mass is 10.1. The number of carbonyl (C=O) groups is 2. The van der Waals surface area contributed by atoms with Crippen LogP contribution in [0.25, 0.3) is 10.8 Å². The van der Waals surface area contributed by atoms with Crippen molar-refractivity contribution >= 4 is 40.4 Å². The zero-order valence-corrected chi connectivity index (χ0v) is 15.5. The Bertz CT molecular complexity index is 1140. The number of nitrogen functional groups attached to an aromatic ring is 1. The molecular formula is C20H17N5O5-2. The molecule has 10 heteroatoms. The van der Waals surface area contributed by atoms with Gasteiger partial charge >= 0.3 is 5.97 Å². The summed E-state index contributed by atoms with van der Waals surface area (Å²) in [4.78, 5) is 24.8. The minimum atomic E-state index is -2.33. The Morgan fingerprint density at radius 3 is 2.10 bits per heavy atom. The Balaban J connectivity index is 0.000000735. The van der Waals surface area contributed by atoms with Crippen LogP contribution in [0.2, 0.25) is 0 Å². The molecule has 0 aliphatic heterocycles. The first-order valence-corrected chi connectivity index (χ1v) is 8.34. The fourth-order valence-corrected chi connectivity index (χ4v) is 2.54. The number of ether oxygens (including phenoxy) is 1. The van der Waals surface area contributed by atoms with E-state index in [0.29, 0.717) is 11.4 Å². The Hall–Kier alpha value is -4.60. The lowest BCUT2D eigenvalue weighted by Crippen LogP contribution is -2.37. The van der Waals surface area contributed by atoms with Crippen LogP contribution in [0, 0.1) is 5.41 Å². The van der Waals surface area contributed by atoms with Gasteiger partial charge < -0.3 is 36.9 Å². The molecule has 10 nitrogen and oxygen atoms in total. The first-order chi connectivity index (χ1) is 14.2. The smallest absolute Gasteiger partial charge is 0.344 e. The van der Waals surface area contributed by atoms with E-state index in [1.165, 1.54) is 12.1 Å². The summed E-state index contributed by atoms with van der Waals surface area (Å²) in [7, 11) is 0. The van der Waals surface area contributed by atoms with Crippen LogP contribution in [0.15, 0.2) is 65.7 Å².